The molecule has 3 rings (SSSR count). The van der Waals surface area contributed by atoms with Crippen molar-refractivity contribution >= 4 is 45.3 Å². The highest BCUT2D eigenvalue weighted by molar-refractivity contribution is 5.96. The third-order valence-electron chi connectivity index (χ3n) is 3.62. The minimum atomic E-state index is -0.564. The second-order valence-corrected chi connectivity index (χ2v) is 6.37. The van der Waals surface area contributed by atoms with Gasteiger partial charge in [0.2, 0.25) is 0 Å². The number of H-pyrrole nitrogens is 1. The molecule has 0 unspecified atom stereocenters. The molecule has 1 heterocycles. The molecular formula is C19H22N6O6. The molecule has 5 N–H and O–H groups in total. The van der Waals surface area contributed by atoms with E-state index in [1.807, 2.05) is 0 Å². The van der Waals surface area contributed by atoms with Crippen LogP contribution < -0.4 is 11.5 Å². The van der Waals surface area contributed by atoms with E-state index in [1.54, 1.807) is 19.1 Å². The van der Waals surface area contributed by atoms with E-state index in [9.17, 15) is 29.8 Å². The number of anilines is 2. The Morgan fingerprint density at radius 3 is 1.94 bits per heavy atom. The summed E-state index contributed by atoms with van der Waals surface area (Å²) in [6.45, 7) is 4.58. The van der Waals surface area contributed by atoms with Crippen molar-refractivity contribution < 1.29 is 19.4 Å². The van der Waals surface area contributed by atoms with Crippen LogP contribution in [0.4, 0.5) is 22.7 Å². The summed E-state index contributed by atoms with van der Waals surface area (Å²) in [4.78, 5) is 46.9. The van der Waals surface area contributed by atoms with Gasteiger partial charge in [0.05, 0.1) is 27.5 Å². The first-order valence-corrected chi connectivity index (χ1v) is 8.81. The van der Waals surface area contributed by atoms with Crippen LogP contribution in [0.2, 0.25) is 0 Å². The molecular weight excluding hydrogens is 408 g/mol. The molecule has 12 heteroatoms. The number of rotatable bonds is 4. The number of nitro benzene ring substituents is 2. The van der Waals surface area contributed by atoms with Gasteiger partial charge < -0.3 is 16.5 Å². The van der Waals surface area contributed by atoms with Crippen LogP contribution in [0, 0.1) is 27.2 Å². The number of imidazole rings is 1. The zero-order valence-electron chi connectivity index (χ0n) is 17.1. The molecule has 0 aliphatic heterocycles. The number of fused-ring (bicyclic) bond motifs is 1. The molecule has 0 radical (unpaired) electrons. The van der Waals surface area contributed by atoms with Gasteiger partial charge in [0, 0.05) is 12.1 Å². The Bertz CT molecular complexity index is 1110. The van der Waals surface area contributed by atoms with Gasteiger partial charge in [0.1, 0.15) is 23.1 Å². The van der Waals surface area contributed by atoms with Gasteiger partial charge in [-0.3, -0.25) is 29.8 Å². The number of nitrogens with two attached hydrogens (primary N) is 2. The highest BCUT2D eigenvalue weighted by Gasteiger charge is 2.13. The molecule has 164 valence electrons. The summed E-state index contributed by atoms with van der Waals surface area (Å²) in [5, 5.41) is 20.8. The Labute approximate surface area is 176 Å². The van der Waals surface area contributed by atoms with Gasteiger partial charge in [0.25, 0.3) is 11.4 Å². The number of aromatic nitrogens is 2. The maximum absolute atomic E-state index is 10.6. The second kappa shape index (κ2) is 11.0. The standard InChI is InChI=1S/C8H7N3O2.C6H7N3O2.C5H8O2/c1-5-9-6-3-2-4-7(11(12)13)8(6)10-5;7-4-2-1-3-5(6(4)8)9(10)11;1-4(6)3-5(2)7/h2-4H,1H3,(H,9,10);1-3H,7-8H2;3H2,1-2H3. The molecule has 2 aromatic carbocycles. The van der Waals surface area contributed by atoms with Gasteiger partial charge >= 0.3 is 0 Å². The quantitative estimate of drug-likeness (QED) is 0.240. The number of non-ortho nitro benzene ring substituents is 1. The van der Waals surface area contributed by atoms with Crippen molar-refractivity contribution in [3.8, 4) is 0 Å². The van der Waals surface area contributed by atoms with Crippen LogP contribution in [0.5, 0.6) is 0 Å². The van der Waals surface area contributed by atoms with Gasteiger partial charge in [0.15, 0.2) is 5.52 Å². The van der Waals surface area contributed by atoms with Gasteiger partial charge in [-0.2, -0.15) is 0 Å². The molecule has 0 atom stereocenters. The van der Waals surface area contributed by atoms with Crippen molar-refractivity contribution in [2.24, 2.45) is 0 Å². The number of nitrogens with one attached hydrogen (secondary N) is 1. The van der Waals surface area contributed by atoms with Crippen molar-refractivity contribution in [2.75, 3.05) is 11.5 Å². The summed E-state index contributed by atoms with van der Waals surface area (Å²) < 4.78 is 0. The number of nitrogen functional groups attached to an aromatic ring is 2. The molecule has 1 aromatic heterocycles. The van der Waals surface area contributed by atoms with Crippen LogP contribution in [0.25, 0.3) is 11.0 Å². The van der Waals surface area contributed by atoms with Crippen LogP contribution in [-0.2, 0) is 9.59 Å². The van der Waals surface area contributed by atoms with Crippen molar-refractivity contribution in [1.82, 2.24) is 9.97 Å². The number of benzene rings is 2. The minimum Gasteiger partial charge on any atom is -0.397 e. The predicted octanol–water partition coefficient (Wildman–Crippen LogP) is 3.09. The topological polar surface area (TPSA) is 201 Å². The first-order chi connectivity index (χ1) is 14.4. The number of ketones is 2. The summed E-state index contributed by atoms with van der Waals surface area (Å²) in [5.74, 6) is 0.560. The van der Waals surface area contributed by atoms with Crippen LogP contribution in [-0.4, -0.2) is 31.4 Å². The predicted molar refractivity (Wildman–Crippen MR) is 115 cm³/mol. The van der Waals surface area contributed by atoms with E-state index in [2.05, 4.69) is 9.97 Å². The number of aryl methyl sites for hydroxylation is 1. The number of nitro groups is 2. The lowest BCUT2D eigenvalue weighted by molar-refractivity contribution is -0.383. The zero-order chi connectivity index (χ0) is 23.7. The number of hydrogen-bond acceptors (Lipinski definition) is 9. The molecule has 0 saturated heterocycles. The number of nitrogens with zero attached hydrogens (tertiary/aromatic N) is 3. The molecule has 12 nitrogen and oxygen atoms in total. The highest BCUT2D eigenvalue weighted by atomic mass is 16.6. The lowest BCUT2D eigenvalue weighted by atomic mass is 10.2. The van der Waals surface area contributed by atoms with Gasteiger partial charge in [-0.05, 0) is 32.9 Å². The van der Waals surface area contributed by atoms with E-state index >= 15 is 0 Å². The molecule has 0 aliphatic rings. The number of carbonyl (C=O) groups excluding carboxylic acids is 2. The minimum absolute atomic E-state index is 0.0255. The fraction of sp³-hybridized carbons (Fsp3) is 0.211. The van der Waals surface area contributed by atoms with E-state index in [0.717, 1.165) is 0 Å². The Kier molecular flexibility index (Phi) is 8.76. The molecule has 31 heavy (non-hydrogen) atoms. The normalized spacial score (nSPS) is 9.65. The highest BCUT2D eigenvalue weighted by Crippen LogP contribution is 2.26. The van der Waals surface area contributed by atoms with Gasteiger partial charge in [-0.25, -0.2) is 4.98 Å². The number of Topliss-reactive ketones (excluding diaryl/α,β-unsaturated/α-hetero) is 2. The van der Waals surface area contributed by atoms with Crippen LogP contribution in [0.15, 0.2) is 36.4 Å². The van der Waals surface area contributed by atoms with Crippen LogP contribution >= 0.6 is 0 Å². The summed E-state index contributed by atoms with van der Waals surface area (Å²) in [5.41, 5.74) is 11.9. The largest absolute Gasteiger partial charge is 0.397 e. The van der Waals surface area contributed by atoms with Gasteiger partial charge in [-0.1, -0.05) is 12.1 Å². The molecule has 3 aromatic rings. The number of hydrogen-bond donors (Lipinski definition) is 3. The molecule has 0 fully saturated rings. The average molecular weight is 430 g/mol. The molecule has 0 amide bonds. The number of para-hydroxylation sites is 2. The Morgan fingerprint density at radius 1 is 0.968 bits per heavy atom. The van der Waals surface area contributed by atoms with Crippen LogP contribution in [0.3, 0.4) is 0 Å². The van der Waals surface area contributed by atoms with Crippen molar-refractivity contribution in [3.63, 3.8) is 0 Å². The summed E-state index contributed by atoms with van der Waals surface area (Å²) in [6.07, 6.45) is 0.0833. The van der Waals surface area contributed by atoms with Crippen molar-refractivity contribution in [1.29, 1.82) is 0 Å². The number of carbonyl (C=O) groups is 2. The SMILES string of the molecule is CC(=O)CC(C)=O.Cc1nc2c([N+](=O)[O-])cccc2[nH]1.Nc1cccc([N+](=O)[O-])c1N. The number of aromatic amines is 1. The molecule has 0 aliphatic carbocycles. The Hall–Kier alpha value is -4.35. The third kappa shape index (κ3) is 7.53. The van der Waals surface area contributed by atoms with E-state index in [0.29, 0.717) is 16.9 Å². The van der Waals surface area contributed by atoms with E-state index in [-0.39, 0.29) is 40.7 Å². The summed E-state index contributed by atoms with van der Waals surface area (Å²) in [7, 11) is 0. The first kappa shape index (κ1) is 24.7. The third-order valence-corrected chi connectivity index (χ3v) is 3.62. The molecule has 0 spiro atoms. The summed E-state index contributed by atoms with van der Waals surface area (Å²) >= 11 is 0. The fourth-order valence-corrected chi connectivity index (χ4v) is 2.37. The lowest BCUT2D eigenvalue weighted by Gasteiger charge is -1.98. The summed E-state index contributed by atoms with van der Waals surface area (Å²) in [6, 6.07) is 9.17. The van der Waals surface area contributed by atoms with E-state index in [1.165, 1.54) is 38.1 Å². The second-order valence-electron chi connectivity index (χ2n) is 6.37. The van der Waals surface area contributed by atoms with Crippen molar-refractivity contribution in [3.05, 3.63) is 62.5 Å². The van der Waals surface area contributed by atoms with Gasteiger partial charge in [-0.15, -0.1) is 0 Å². The Morgan fingerprint density at radius 2 is 1.48 bits per heavy atom. The smallest absolute Gasteiger partial charge is 0.297 e. The molecule has 0 bridgehead atoms. The molecule has 0 saturated carbocycles. The Balaban J connectivity index is 0.000000245. The lowest BCUT2D eigenvalue weighted by Crippen LogP contribution is -1.99. The maximum Gasteiger partial charge on any atom is 0.297 e. The zero-order valence-corrected chi connectivity index (χ0v) is 17.1. The average Bonchev–Trinajstić information content (AvgIpc) is 3.03. The fourth-order valence-electron chi connectivity index (χ4n) is 2.37. The van der Waals surface area contributed by atoms with E-state index in [4.69, 9.17) is 11.5 Å². The maximum atomic E-state index is 10.6. The van der Waals surface area contributed by atoms with E-state index < -0.39 is 9.85 Å². The van der Waals surface area contributed by atoms with Crippen LogP contribution in [0.1, 0.15) is 26.1 Å². The van der Waals surface area contributed by atoms with Crippen molar-refractivity contribution in [2.45, 2.75) is 27.2 Å². The first-order valence-electron chi connectivity index (χ1n) is 8.81. The monoisotopic (exact) mass is 430 g/mol.